The van der Waals surface area contributed by atoms with Gasteiger partial charge in [-0.2, -0.15) is 0 Å². The fourth-order valence-corrected chi connectivity index (χ4v) is 11.5. The third-order valence-electron chi connectivity index (χ3n) is 12.6. The minimum absolute atomic E-state index is 0.405. The molecular weight excluding hydrogens is 683 g/mol. The van der Waals surface area contributed by atoms with Crippen molar-refractivity contribution < 1.29 is 0 Å². The van der Waals surface area contributed by atoms with Crippen LogP contribution in [0.3, 0.4) is 0 Å². The van der Waals surface area contributed by atoms with Gasteiger partial charge in [0, 0.05) is 36.6 Å². The minimum Gasteiger partial charge on any atom is -0.309 e. The van der Waals surface area contributed by atoms with Gasteiger partial charge >= 0.3 is 0 Å². The van der Waals surface area contributed by atoms with Gasteiger partial charge < -0.3 is 4.57 Å². The average molecular weight is 714 g/mol. The van der Waals surface area contributed by atoms with E-state index in [1.165, 1.54) is 114 Å². The number of rotatable bonds is 2. The highest BCUT2D eigenvalue weighted by Crippen LogP contribution is 2.63. The molecule has 0 atom stereocenters. The number of aromatic nitrogens is 1. The summed E-state index contributed by atoms with van der Waals surface area (Å²) < 4.78 is 5.19. The number of hydrogen-bond acceptors (Lipinski definition) is 1. The van der Waals surface area contributed by atoms with Crippen LogP contribution in [-0.2, 0) is 5.41 Å². The average Bonchev–Trinajstić information content (AvgIpc) is 3.96. The molecule has 2 aliphatic rings. The topological polar surface area (TPSA) is 4.93 Å². The molecule has 1 spiro atoms. The standard InChI is InChI=1S/C53H31NS/c1-2-15-36-32(12-1)25-27-48-52(36)43-30-42-39-18-5-9-22-46(39)53(44-20-7-3-16-37(44)38-17-4-8-21-45(38)53)47(42)31-49(43)54(48)35-14-11-13-33(28-35)34-24-26-41-40-19-6-10-23-50(40)55-51(41)29-34/h1-31H. The minimum atomic E-state index is -0.405. The maximum atomic E-state index is 2.55. The monoisotopic (exact) mass is 713 g/mol. The summed E-state index contributed by atoms with van der Waals surface area (Å²) in [6.45, 7) is 0. The summed E-state index contributed by atoms with van der Waals surface area (Å²) in [6, 6.07) is 70.8. The summed E-state index contributed by atoms with van der Waals surface area (Å²) in [7, 11) is 0. The van der Waals surface area contributed by atoms with Gasteiger partial charge in [-0.3, -0.25) is 0 Å². The van der Waals surface area contributed by atoms with Crippen molar-refractivity contribution in [2.75, 3.05) is 0 Å². The molecule has 13 rings (SSSR count). The summed E-state index contributed by atoms with van der Waals surface area (Å²) in [6.07, 6.45) is 0. The molecule has 0 saturated heterocycles. The Bertz CT molecular complexity index is 3400. The predicted octanol–water partition coefficient (Wildman–Crippen LogP) is 14.3. The van der Waals surface area contributed by atoms with Gasteiger partial charge in [0.25, 0.3) is 0 Å². The van der Waals surface area contributed by atoms with Crippen LogP contribution < -0.4 is 0 Å². The fourth-order valence-electron chi connectivity index (χ4n) is 10.4. The van der Waals surface area contributed by atoms with Gasteiger partial charge in [-0.05, 0) is 109 Å². The van der Waals surface area contributed by atoms with E-state index >= 15 is 0 Å². The Labute approximate surface area is 322 Å². The molecule has 9 aromatic carbocycles. The Morgan fingerprint density at radius 2 is 1.00 bits per heavy atom. The van der Waals surface area contributed by atoms with Gasteiger partial charge in [-0.1, -0.05) is 146 Å². The van der Waals surface area contributed by atoms with Gasteiger partial charge in [0.1, 0.15) is 0 Å². The number of nitrogens with zero attached hydrogens (tertiary/aromatic N) is 1. The molecule has 2 aromatic heterocycles. The van der Waals surface area contributed by atoms with Gasteiger partial charge in [0.2, 0.25) is 0 Å². The van der Waals surface area contributed by atoms with Crippen LogP contribution in [0.15, 0.2) is 188 Å². The molecule has 2 heterocycles. The molecule has 0 bridgehead atoms. The van der Waals surface area contributed by atoms with Crippen molar-refractivity contribution in [3.8, 4) is 39.1 Å². The molecule has 11 aromatic rings. The van der Waals surface area contributed by atoms with E-state index in [4.69, 9.17) is 0 Å². The van der Waals surface area contributed by atoms with Crippen molar-refractivity contribution >= 4 is 64.1 Å². The van der Waals surface area contributed by atoms with E-state index in [0.29, 0.717) is 0 Å². The van der Waals surface area contributed by atoms with Crippen LogP contribution in [0, 0.1) is 0 Å². The first-order chi connectivity index (χ1) is 27.3. The largest absolute Gasteiger partial charge is 0.309 e. The maximum Gasteiger partial charge on any atom is 0.0726 e. The number of fused-ring (bicyclic) bond motifs is 18. The van der Waals surface area contributed by atoms with E-state index in [-0.39, 0.29) is 0 Å². The lowest BCUT2D eigenvalue weighted by Gasteiger charge is -2.30. The normalized spacial score (nSPS) is 13.6. The molecule has 2 heteroatoms. The van der Waals surface area contributed by atoms with Gasteiger partial charge in [0.05, 0.1) is 16.4 Å². The molecule has 0 N–H and O–H groups in total. The van der Waals surface area contributed by atoms with Gasteiger partial charge in [-0.15, -0.1) is 11.3 Å². The first-order valence-corrected chi connectivity index (χ1v) is 19.9. The van der Waals surface area contributed by atoms with Crippen molar-refractivity contribution in [1.82, 2.24) is 4.57 Å². The molecule has 0 fully saturated rings. The zero-order chi connectivity index (χ0) is 35.8. The van der Waals surface area contributed by atoms with Crippen molar-refractivity contribution in [1.29, 1.82) is 0 Å². The zero-order valence-corrected chi connectivity index (χ0v) is 30.6. The van der Waals surface area contributed by atoms with E-state index < -0.39 is 5.41 Å². The first kappa shape index (κ1) is 29.7. The van der Waals surface area contributed by atoms with Crippen LogP contribution in [0.1, 0.15) is 22.3 Å². The van der Waals surface area contributed by atoms with E-state index in [9.17, 15) is 0 Å². The van der Waals surface area contributed by atoms with Crippen LogP contribution in [0.5, 0.6) is 0 Å². The van der Waals surface area contributed by atoms with Gasteiger partial charge in [-0.25, -0.2) is 0 Å². The molecule has 0 aliphatic heterocycles. The van der Waals surface area contributed by atoms with Crippen LogP contribution in [-0.4, -0.2) is 4.57 Å². The highest BCUT2D eigenvalue weighted by Gasteiger charge is 2.51. The molecule has 0 radical (unpaired) electrons. The Kier molecular flexibility index (Phi) is 5.77. The highest BCUT2D eigenvalue weighted by molar-refractivity contribution is 7.25. The van der Waals surface area contributed by atoms with Crippen molar-refractivity contribution in [2.45, 2.75) is 5.41 Å². The summed E-state index contributed by atoms with van der Waals surface area (Å²) in [5, 5.41) is 7.80. The molecule has 1 nitrogen and oxygen atoms in total. The number of hydrogen-bond donors (Lipinski definition) is 0. The highest BCUT2D eigenvalue weighted by atomic mass is 32.1. The predicted molar refractivity (Wildman–Crippen MR) is 233 cm³/mol. The summed E-state index contributed by atoms with van der Waals surface area (Å²) >= 11 is 1.88. The van der Waals surface area contributed by atoms with Crippen molar-refractivity contribution in [2.24, 2.45) is 0 Å². The maximum absolute atomic E-state index is 2.55. The third kappa shape index (κ3) is 3.77. The summed E-state index contributed by atoms with van der Waals surface area (Å²) in [5.41, 5.74) is 16.5. The summed E-state index contributed by atoms with van der Waals surface area (Å²) in [5.74, 6) is 0. The molecule has 55 heavy (non-hydrogen) atoms. The SMILES string of the molecule is c1cc(-c2ccc3c(c2)sc2ccccc23)cc(-n2c3cc4c(cc3c3c5ccccc5ccc32)-c2ccccc2C42c3ccccc3-c3ccccc32)c1. The van der Waals surface area contributed by atoms with E-state index in [0.717, 1.165) is 0 Å². The second-order valence-corrected chi connectivity index (χ2v) is 16.3. The lowest BCUT2D eigenvalue weighted by atomic mass is 9.70. The Hall–Kier alpha value is -6.74. The zero-order valence-electron chi connectivity index (χ0n) is 29.8. The van der Waals surface area contributed by atoms with E-state index in [1.807, 2.05) is 11.3 Å². The third-order valence-corrected chi connectivity index (χ3v) is 13.7. The quantitative estimate of drug-likeness (QED) is 0.168. The number of benzene rings is 9. The lowest BCUT2D eigenvalue weighted by Crippen LogP contribution is -2.25. The van der Waals surface area contributed by atoms with Crippen LogP contribution in [0.2, 0.25) is 0 Å². The Morgan fingerprint density at radius 1 is 0.364 bits per heavy atom. The lowest BCUT2D eigenvalue weighted by molar-refractivity contribution is 0.794. The molecule has 2 aliphatic carbocycles. The number of thiophene rings is 1. The fraction of sp³-hybridized carbons (Fsp3) is 0.0189. The van der Waals surface area contributed by atoms with E-state index in [1.54, 1.807) is 0 Å². The van der Waals surface area contributed by atoms with Crippen molar-refractivity contribution in [3.05, 3.63) is 210 Å². The van der Waals surface area contributed by atoms with Crippen LogP contribution >= 0.6 is 11.3 Å². The Balaban J connectivity index is 1.13. The Morgan fingerprint density at radius 3 is 1.78 bits per heavy atom. The van der Waals surface area contributed by atoms with Gasteiger partial charge in [0.15, 0.2) is 0 Å². The van der Waals surface area contributed by atoms with Crippen LogP contribution in [0.25, 0.3) is 91.8 Å². The second-order valence-electron chi connectivity index (χ2n) is 15.2. The van der Waals surface area contributed by atoms with Crippen LogP contribution in [0.4, 0.5) is 0 Å². The smallest absolute Gasteiger partial charge is 0.0726 e. The molecule has 0 unspecified atom stereocenters. The molecule has 0 saturated carbocycles. The first-order valence-electron chi connectivity index (χ1n) is 19.1. The van der Waals surface area contributed by atoms with Crippen molar-refractivity contribution in [3.63, 3.8) is 0 Å². The van der Waals surface area contributed by atoms with E-state index in [2.05, 4.69) is 193 Å². The molecule has 254 valence electrons. The molecule has 0 amide bonds. The second kappa shape index (κ2) is 10.7. The summed E-state index contributed by atoms with van der Waals surface area (Å²) in [4.78, 5) is 0. The molecular formula is C53H31NS.